The molecule has 3 heterocycles. The van der Waals surface area contributed by atoms with E-state index in [0.29, 0.717) is 28.4 Å². The Labute approximate surface area is 193 Å². The van der Waals surface area contributed by atoms with Crippen LogP contribution in [0.1, 0.15) is 17.3 Å². The molecule has 0 aliphatic rings. The molecule has 0 spiro atoms. The quantitative estimate of drug-likeness (QED) is 0.362. The van der Waals surface area contributed by atoms with Crippen LogP contribution >= 0.6 is 11.3 Å². The van der Waals surface area contributed by atoms with Gasteiger partial charge in [0, 0.05) is 16.8 Å². The normalized spacial score (nSPS) is 11.5. The fourth-order valence-electron chi connectivity index (χ4n) is 3.29. The van der Waals surface area contributed by atoms with Gasteiger partial charge >= 0.3 is 0 Å². The van der Waals surface area contributed by atoms with Crippen molar-refractivity contribution in [1.82, 2.24) is 19.8 Å². The zero-order chi connectivity index (χ0) is 23.0. The van der Waals surface area contributed by atoms with Gasteiger partial charge in [-0.05, 0) is 54.8 Å². The minimum atomic E-state index is -3.78. The van der Waals surface area contributed by atoms with Crippen LogP contribution in [0.4, 0.5) is 5.69 Å². The fraction of sp³-hybridized carbons (Fsp3) is 0.0435. The number of rotatable bonds is 6. The predicted octanol–water partition coefficient (Wildman–Crippen LogP) is 4.52. The van der Waals surface area contributed by atoms with Crippen molar-refractivity contribution in [3.8, 4) is 22.0 Å². The molecule has 0 atom stereocenters. The maximum Gasteiger partial charge on any atom is 0.261 e. The van der Waals surface area contributed by atoms with Gasteiger partial charge < -0.3 is 0 Å². The molecule has 0 bridgehead atoms. The molecule has 3 aromatic heterocycles. The number of anilines is 1. The minimum absolute atomic E-state index is 0.0809. The average Bonchev–Trinajstić information content (AvgIpc) is 3.49. The lowest BCUT2D eigenvalue weighted by Crippen LogP contribution is -2.13. The Morgan fingerprint density at radius 3 is 2.36 bits per heavy atom. The van der Waals surface area contributed by atoms with Crippen molar-refractivity contribution in [2.24, 2.45) is 0 Å². The van der Waals surface area contributed by atoms with Crippen molar-refractivity contribution in [1.29, 1.82) is 0 Å². The standard InChI is InChI=1S/C23H17N5O3S2/c1-15(29)16-6-10-19(11-7-16)33(30,31)27-18-8-4-17(5-9-18)20-12-13-22-24-25-23(28(22)26-20)21-3-2-14-32-21/h2-14,27H,1H3. The molecule has 0 aliphatic heterocycles. The molecule has 0 aliphatic carbocycles. The van der Waals surface area contributed by atoms with Crippen molar-refractivity contribution in [2.75, 3.05) is 4.72 Å². The highest BCUT2D eigenvalue weighted by atomic mass is 32.2. The molecule has 1 N–H and O–H groups in total. The molecule has 10 heteroatoms. The maximum atomic E-state index is 12.7. The number of thiophene rings is 1. The predicted molar refractivity (Wildman–Crippen MR) is 127 cm³/mol. The van der Waals surface area contributed by atoms with Gasteiger partial charge in [0.1, 0.15) is 0 Å². The van der Waals surface area contributed by atoms with Gasteiger partial charge in [0.2, 0.25) is 0 Å². The molecule has 164 valence electrons. The summed E-state index contributed by atoms with van der Waals surface area (Å²) in [5, 5.41) is 15.0. The van der Waals surface area contributed by atoms with Crippen LogP contribution in [0.15, 0.2) is 83.1 Å². The molecule has 0 unspecified atom stereocenters. The van der Waals surface area contributed by atoms with E-state index in [9.17, 15) is 13.2 Å². The number of benzene rings is 2. The van der Waals surface area contributed by atoms with Crippen molar-refractivity contribution in [2.45, 2.75) is 11.8 Å². The molecule has 5 aromatic rings. The molecule has 0 saturated heterocycles. The molecule has 5 rings (SSSR count). The van der Waals surface area contributed by atoms with E-state index in [-0.39, 0.29) is 10.7 Å². The number of hydrogen-bond acceptors (Lipinski definition) is 7. The van der Waals surface area contributed by atoms with E-state index in [1.165, 1.54) is 31.2 Å². The number of aromatic nitrogens is 4. The summed E-state index contributed by atoms with van der Waals surface area (Å²) in [6.45, 7) is 1.43. The molecule has 0 saturated carbocycles. The van der Waals surface area contributed by atoms with Crippen molar-refractivity contribution >= 4 is 38.5 Å². The number of nitrogens with one attached hydrogen (secondary N) is 1. The lowest BCUT2D eigenvalue weighted by Gasteiger charge is -2.09. The van der Waals surface area contributed by atoms with Gasteiger partial charge in [-0.1, -0.05) is 30.3 Å². The first-order valence-electron chi connectivity index (χ1n) is 9.91. The third-order valence-corrected chi connectivity index (χ3v) is 7.27. The highest BCUT2D eigenvalue weighted by Crippen LogP contribution is 2.25. The van der Waals surface area contributed by atoms with Crippen LogP contribution in [0, 0.1) is 0 Å². The molecule has 0 fully saturated rings. The molecule has 2 aromatic carbocycles. The number of nitrogens with zero attached hydrogens (tertiary/aromatic N) is 4. The van der Waals surface area contributed by atoms with Crippen LogP contribution in [0.2, 0.25) is 0 Å². The third kappa shape index (κ3) is 4.13. The summed E-state index contributed by atoms with van der Waals surface area (Å²) < 4.78 is 29.6. The topological polar surface area (TPSA) is 106 Å². The Balaban J connectivity index is 1.40. The summed E-state index contributed by atoms with van der Waals surface area (Å²) in [5.74, 6) is 0.547. The summed E-state index contributed by atoms with van der Waals surface area (Å²) in [6, 6.07) is 20.4. The first-order chi connectivity index (χ1) is 15.9. The zero-order valence-electron chi connectivity index (χ0n) is 17.3. The Morgan fingerprint density at radius 2 is 1.70 bits per heavy atom. The summed E-state index contributed by atoms with van der Waals surface area (Å²) in [4.78, 5) is 12.5. The first kappa shape index (κ1) is 21.0. The number of fused-ring (bicyclic) bond motifs is 1. The van der Waals surface area contributed by atoms with Crippen LogP contribution in [-0.2, 0) is 10.0 Å². The summed E-state index contributed by atoms with van der Waals surface area (Å²) in [7, 11) is -3.78. The maximum absolute atomic E-state index is 12.7. The summed E-state index contributed by atoms with van der Waals surface area (Å²) in [5.41, 5.74) is 3.03. The molecule has 8 nitrogen and oxygen atoms in total. The molecule has 0 amide bonds. The van der Waals surface area contributed by atoms with Crippen LogP contribution in [0.3, 0.4) is 0 Å². The largest absolute Gasteiger partial charge is 0.295 e. The average molecular weight is 476 g/mol. The van der Waals surface area contributed by atoms with E-state index in [0.717, 1.165) is 10.4 Å². The smallest absolute Gasteiger partial charge is 0.261 e. The second kappa shape index (κ2) is 8.23. The van der Waals surface area contributed by atoms with E-state index in [1.807, 2.05) is 29.6 Å². The zero-order valence-corrected chi connectivity index (χ0v) is 19.0. The Kier molecular flexibility index (Phi) is 5.23. The Morgan fingerprint density at radius 1 is 0.939 bits per heavy atom. The monoisotopic (exact) mass is 475 g/mol. The second-order valence-electron chi connectivity index (χ2n) is 7.25. The van der Waals surface area contributed by atoms with Gasteiger partial charge in [-0.25, -0.2) is 8.42 Å². The number of ketones is 1. The van der Waals surface area contributed by atoms with Crippen molar-refractivity contribution in [3.63, 3.8) is 0 Å². The summed E-state index contributed by atoms with van der Waals surface area (Å²) in [6.07, 6.45) is 0. The second-order valence-corrected chi connectivity index (χ2v) is 9.88. The SMILES string of the molecule is CC(=O)c1ccc(S(=O)(=O)Nc2ccc(-c3ccc4nnc(-c5cccs5)n4n3)cc2)cc1. The number of sulfonamides is 1. The van der Waals surface area contributed by atoms with E-state index >= 15 is 0 Å². The van der Waals surface area contributed by atoms with Gasteiger partial charge in [-0.3, -0.25) is 9.52 Å². The highest BCUT2D eigenvalue weighted by molar-refractivity contribution is 7.92. The van der Waals surface area contributed by atoms with E-state index in [1.54, 1.807) is 40.1 Å². The number of carbonyl (C=O) groups excluding carboxylic acids is 1. The molecular weight excluding hydrogens is 458 g/mol. The van der Waals surface area contributed by atoms with Crippen LogP contribution < -0.4 is 4.72 Å². The number of hydrogen-bond donors (Lipinski definition) is 1. The Bertz CT molecular complexity index is 1560. The summed E-state index contributed by atoms with van der Waals surface area (Å²) >= 11 is 1.56. The van der Waals surface area contributed by atoms with E-state index in [4.69, 9.17) is 0 Å². The van der Waals surface area contributed by atoms with Crippen molar-refractivity contribution in [3.05, 3.63) is 83.7 Å². The van der Waals surface area contributed by atoms with Crippen molar-refractivity contribution < 1.29 is 13.2 Å². The molecular formula is C23H17N5O3S2. The number of Topliss-reactive ketones (excluding diaryl/α,β-unsaturated/α-hetero) is 1. The first-order valence-corrected chi connectivity index (χ1v) is 12.3. The Hall–Kier alpha value is -3.89. The molecule has 0 radical (unpaired) electrons. The minimum Gasteiger partial charge on any atom is -0.295 e. The van der Waals surface area contributed by atoms with Crippen LogP contribution in [0.25, 0.3) is 27.6 Å². The lowest BCUT2D eigenvalue weighted by molar-refractivity contribution is 0.101. The van der Waals surface area contributed by atoms with Crippen LogP contribution in [0.5, 0.6) is 0 Å². The van der Waals surface area contributed by atoms with Crippen LogP contribution in [-0.4, -0.2) is 34.0 Å². The van der Waals surface area contributed by atoms with Gasteiger partial charge in [0.25, 0.3) is 10.0 Å². The van der Waals surface area contributed by atoms with E-state index < -0.39 is 10.0 Å². The van der Waals surface area contributed by atoms with Gasteiger partial charge in [0.05, 0.1) is 15.5 Å². The van der Waals surface area contributed by atoms with Gasteiger partial charge in [-0.2, -0.15) is 9.61 Å². The van der Waals surface area contributed by atoms with Gasteiger partial charge in [-0.15, -0.1) is 21.5 Å². The fourth-order valence-corrected chi connectivity index (χ4v) is 5.05. The van der Waals surface area contributed by atoms with E-state index in [2.05, 4.69) is 20.0 Å². The highest BCUT2D eigenvalue weighted by Gasteiger charge is 2.15. The lowest BCUT2D eigenvalue weighted by atomic mass is 10.1. The third-order valence-electron chi connectivity index (χ3n) is 5.01. The van der Waals surface area contributed by atoms with Gasteiger partial charge in [0.15, 0.2) is 17.3 Å². The number of carbonyl (C=O) groups is 1. The molecule has 33 heavy (non-hydrogen) atoms.